The number of halogens is 1. The minimum absolute atomic E-state index is 0.378. The maximum absolute atomic E-state index is 5.88. The van der Waals surface area contributed by atoms with Crippen molar-refractivity contribution in [3.8, 4) is 11.8 Å². The average molecular weight is 236 g/mol. The number of hydrogen-bond donors (Lipinski definition) is 1. The monoisotopic (exact) mass is 235 g/mol. The molecule has 1 nitrogen and oxygen atoms in total. The van der Waals surface area contributed by atoms with E-state index in [2.05, 4.69) is 36.2 Å². The van der Waals surface area contributed by atoms with Gasteiger partial charge in [-0.3, -0.25) is 5.32 Å². The van der Waals surface area contributed by atoms with Crippen LogP contribution in [0.4, 0.5) is 0 Å². The molecule has 1 rings (SSSR count). The van der Waals surface area contributed by atoms with Crippen LogP contribution in [-0.4, -0.2) is 6.54 Å². The summed E-state index contributed by atoms with van der Waals surface area (Å²) in [7, 11) is 0. The van der Waals surface area contributed by atoms with Crippen molar-refractivity contribution in [2.75, 3.05) is 6.54 Å². The van der Waals surface area contributed by atoms with Gasteiger partial charge >= 0.3 is 0 Å². The fraction of sp³-hybridized carbons (Fsp3) is 0.429. The van der Waals surface area contributed by atoms with E-state index < -0.39 is 0 Å². The van der Waals surface area contributed by atoms with Crippen LogP contribution in [0.15, 0.2) is 24.3 Å². The zero-order valence-corrected chi connectivity index (χ0v) is 10.6. The van der Waals surface area contributed by atoms with Gasteiger partial charge < -0.3 is 0 Å². The zero-order valence-electron chi connectivity index (χ0n) is 9.89. The van der Waals surface area contributed by atoms with E-state index in [1.165, 1.54) is 5.56 Å². The van der Waals surface area contributed by atoms with Crippen molar-refractivity contribution < 1.29 is 0 Å². The summed E-state index contributed by atoms with van der Waals surface area (Å²) in [5.74, 6) is 5.92. The third-order valence-electron chi connectivity index (χ3n) is 2.46. The maximum atomic E-state index is 5.88. The Morgan fingerprint density at radius 2 is 2.00 bits per heavy atom. The van der Waals surface area contributed by atoms with E-state index in [0.717, 1.165) is 24.4 Å². The van der Waals surface area contributed by atoms with Crippen LogP contribution in [0.5, 0.6) is 0 Å². The molecule has 0 saturated heterocycles. The van der Waals surface area contributed by atoms with Crippen LogP contribution < -0.4 is 5.32 Å². The van der Waals surface area contributed by atoms with E-state index in [1.807, 2.05) is 19.1 Å². The van der Waals surface area contributed by atoms with Crippen LogP contribution in [0.3, 0.4) is 0 Å². The van der Waals surface area contributed by atoms with Gasteiger partial charge in [-0.25, -0.2) is 0 Å². The van der Waals surface area contributed by atoms with E-state index in [0.29, 0.717) is 6.04 Å². The fourth-order valence-electron chi connectivity index (χ4n) is 1.63. The third kappa shape index (κ3) is 4.26. The fourth-order valence-corrected chi connectivity index (χ4v) is 1.76. The predicted molar refractivity (Wildman–Crippen MR) is 70.6 cm³/mol. The Bertz CT molecular complexity index is 359. The summed E-state index contributed by atoms with van der Waals surface area (Å²) in [5, 5.41) is 4.23. The molecule has 0 fully saturated rings. The summed E-state index contributed by atoms with van der Waals surface area (Å²) >= 11 is 5.88. The van der Waals surface area contributed by atoms with Gasteiger partial charge in [0.15, 0.2) is 0 Å². The van der Waals surface area contributed by atoms with Gasteiger partial charge in [0, 0.05) is 11.1 Å². The Labute approximate surface area is 103 Å². The Morgan fingerprint density at radius 3 is 2.56 bits per heavy atom. The lowest BCUT2D eigenvalue weighted by atomic mass is 10.0. The van der Waals surface area contributed by atoms with E-state index in [1.54, 1.807) is 0 Å². The highest BCUT2D eigenvalue weighted by atomic mass is 35.5. The molecule has 0 amide bonds. The van der Waals surface area contributed by atoms with Crippen LogP contribution in [-0.2, 0) is 0 Å². The molecule has 1 aromatic rings. The molecule has 0 bridgehead atoms. The first-order valence-corrected chi connectivity index (χ1v) is 6.04. The van der Waals surface area contributed by atoms with Gasteiger partial charge in [0.1, 0.15) is 0 Å². The normalized spacial score (nSPS) is 11.7. The number of hydrogen-bond acceptors (Lipinski definition) is 1. The van der Waals surface area contributed by atoms with Crippen molar-refractivity contribution in [2.24, 2.45) is 0 Å². The van der Waals surface area contributed by atoms with Gasteiger partial charge in [0.25, 0.3) is 0 Å². The van der Waals surface area contributed by atoms with Crippen molar-refractivity contribution >= 4 is 11.6 Å². The first-order chi connectivity index (χ1) is 7.77. The van der Waals surface area contributed by atoms with Crippen LogP contribution in [0.2, 0.25) is 5.02 Å². The van der Waals surface area contributed by atoms with Crippen molar-refractivity contribution in [3.05, 3.63) is 34.9 Å². The third-order valence-corrected chi connectivity index (χ3v) is 2.72. The largest absolute Gasteiger partial charge is 0.299 e. The second-order valence-electron chi connectivity index (χ2n) is 3.70. The van der Waals surface area contributed by atoms with Crippen molar-refractivity contribution in [1.29, 1.82) is 0 Å². The molecule has 16 heavy (non-hydrogen) atoms. The van der Waals surface area contributed by atoms with Gasteiger partial charge in [-0.2, -0.15) is 0 Å². The summed E-state index contributed by atoms with van der Waals surface area (Å²) in [6.45, 7) is 4.79. The quantitative estimate of drug-likeness (QED) is 0.766. The van der Waals surface area contributed by atoms with Crippen molar-refractivity contribution in [2.45, 2.75) is 32.7 Å². The highest BCUT2D eigenvalue weighted by Crippen LogP contribution is 2.20. The molecular formula is C14H18ClN. The molecule has 1 N–H and O–H groups in total. The first kappa shape index (κ1) is 13.1. The second kappa shape index (κ2) is 7.33. The molecule has 2 heteroatoms. The van der Waals surface area contributed by atoms with Gasteiger partial charge in [-0.1, -0.05) is 43.0 Å². The van der Waals surface area contributed by atoms with E-state index in [9.17, 15) is 0 Å². The Hall–Kier alpha value is -0.970. The van der Waals surface area contributed by atoms with E-state index >= 15 is 0 Å². The molecule has 0 radical (unpaired) electrons. The van der Waals surface area contributed by atoms with Gasteiger partial charge in [-0.15, -0.1) is 5.92 Å². The molecule has 0 aliphatic heterocycles. The maximum Gasteiger partial charge on any atom is 0.0581 e. The Balaban J connectivity index is 2.67. The van der Waals surface area contributed by atoms with Gasteiger partial charge in [-0.05, 0) is 31.0 Å². The molecule has 0 saturated carbocycles. The molecule has 0 aliphatic carbocycles. The van der Waals surface area contributed by atoms with Crippen molar-refractivity contribution in [3.63, 3.8) is 0 Å². The Kier molecular flexibility index (Phi) is 6.00. The molecule has 0 spiro atoms. The van der Waals surface area contributed by atoms with Crippen molar-refractivity contribution in [1.82, 2.24) is 5.32 Å². The molecule has 1 atom stereocenters. The molecule has 0 aromatic heterocycles. The standard InChI is InChI=1S/C14H18ClN/c1-3-5-11-16-14(6-4-2)12-7-9-13(15)10-8-12/h7-10,14,16H,4,6,11H2,1-2H3. The Morgan fingerprint density at radius 1 is 1.31 bits per heavy atom. The first-order valence-electron chi connectivity index (χ1n) is 5.66. The van der Waals surface area contributed by atoms with Crippen LogP contribution in [0, 0.1) is 11.8 Å². The van der Waals surface area contributed by atoms with Crippen LogP contribution in [0.1, 0.15) is 38.3 Å². The average Bonchev–Trinajstić information content (AvgIpc) is 2.29. The van der Waals surface area contributed by atoms with Gasteiger partial charge in [0.2, 0.25) is 0 Å². The molecule has 0 aliphatic rings. The number of benzene rings is 1. The molecule has 0 heterocycles. The topological polar surface area (TPSA) is 12.0 Å². The summed E-state index contributed by atoms with van der Waals surface area (Å²) in [6.07, 6.45) is 2.27. The number of nitrogens with one attached hydrogen (secondary N) is 1. The molecule has 1 unspecified atom stereocenters. The van der Waals surface area contributed by atoms with Crippen LogP contribution >= 0.6 is 11.6 Å². The minimum atomic E-state index is 0.378. The SMILES string of the molecule is CC#CCNC(CCC)c1ccc(Cl)cc1. The summed E-state index contributed by atoms with van der Waals surface area (Å²) in [4.78, 5) is 0. The molecule has 86 valence electrons. The van der Waals surface area contributed by atoms with Crippen LogP contribution in [0.25, 0.3) is 0 Å². The highest BCUT2D eigenvalue weighted by molar-refractivity contribution is 6.30. The highest BCUT2D eigenvalue weighted by Gasteiger charge is 2.08. The summed E-state index contributed by atoms with van der Waals surface area (Å²) in [5.41, 5.74) is 1.28. The zero-order chi connectivity index (χ0) is 11.8. The lowest BCUT2D eigenvalue weighted by molar-refractivity contribution is 0.524. The van der Waals surface area contributed by atoms with E-state index in [-0.39, 0.29) is 0 Å². The predicted octanol–water partition coefficient (Wildman–Crippen LogP) is 3.79. The van der Waals surface area contributed by atoms with Gasteiger partial charge in [0.05, 0.1) is 6.54 Å². The lowest BCUT2D eigenvalue weighted by Gasteiger charge is -2.17. The van der Waals surface area contributed by atoms with E-state index in [4.69, 9.17) is 11.6 Å². The number of rotatable bonds is 5. The second-order valence-corrected chi connectivity index (χ2v) is 4.14. The summed E-state index contributed by atoms with van der Waals surface area (Å²) in [6, 6.07) is 8.41. The molecule has 1 aromatic carbocycles. The smallest absolute Gasteiger partial charge is 0.0581 e. The minimum Gasteiger partial charge on any atom is -0.299 e. The molecular weight excluding hydrogens is 218 g/mol. The lowest BCUT2D eigenvalue weighted by Crippen LogP contribution is -2.21. The summed E-state index contributed by atoms with van der Waals surface area (Å²) < 4.78 is 0.